The van der Waals surface area contributed by atoms with Crippen molar-refractivity contribution in [2.24, 2.45) is 0 Å². The van der Waals surface area contributed by atoms with Crippen LogP contribution in [0.5, 0.6) is 0 Å². The molecule has 142 valence electrons. The molecule has 0 aliphatic carbocycles. The highest BCUT2D eigenvalue weighted by molar-refractivity contribution is 6.41. The predicted octanol–water partition coefficient (Wildman–Crippen LogP) is 3.45. The second-order valence-corrected chi connectivity index (χ2v) is 6.45. The van der Waals surface area contributed by atoms with Crippen LogP contribution < -0.4 is 10.2 Å². The Kier molecular flexibility index (Phi) is 5.48. The van der Waals surface area contributed by atoms with Gasteiger partial charge >= 0.3 is 12.0 Å². The molecule has 2 aromatic carbocycles. The van der Waals surface area contributed by atoms with E-state index in [4.69, 9.17) is 23.2 Å². The van der Waals surface area contributed by atoms with Crippen molar-refractivity contribution in [2.75, 3.05) is 12.0 Å². The second-order valence-electron chi connectivity index (χ2n) is 5.63. The number of imide groups is 2. The van der Waals surface area contributed by atoms with Crippen molar-refractivity contribution in [2.45, 2.75) is 0 Å². The number of benzene rings is 2. The van der Waals surface area contributed by atoms with E-state index >= 15 is 0 Å². The lowest BCUT2D eigenvalue weighted by molar-refractivity contribution is -0.122. The number of ether oxygens (including phenoxy) is 1. The monoisotopic (exact) mass is 418 g/mol. The maximum absolute atomic E-state index is 12.8. The van der Waals surface area contributed by atoms with Gasteiger partial charge < -0.3 is 4.74 Å². The summed E-state index contributed by atoms with van der Waals surface area (Å²) < 4.78 is 4.61. The molecule has 0 bridgehead atoms. The topological polar surface area (TPSA) is 92.8 Å². The maximum atomic E-state index is 12.8. The largest absolute Gasteiger partial charge is 0.465 e. The molecule has 2 aromatic rings. The van der Waals surface area contributed by atoms with Crippen LogP contribution in [0.2, 0.25) is 10.0 Å². The van der Waals surface area contributed by atoms with Crippen molar-refractivity contribution < 1.29 is 23.9 Å². The Labute approximate surface area is 169 Å². The van der Waals surface area contributed by atoms with Gasteiger partial charge in [-0.05, 0) is 42.5 Å². The van der Waals surface area contributed by atoms with Crippen molar-refractivity contribution in [3.05, 3.63) is 69.2 Å². The van der Waals surface area contributed by atoms with Gasteiger partial charge in [-0.2, -0.15) is 0 Å². The molecule has 7 nitrogen and oxygen atoms in total. The van der Waals surface area contributed by atoms with E-state index in [1.54, 1.807) is 18.2 Å². The quantitative estimate of drug-likeness (QED) is 0.468. The second kappa shape index (κ2) is 7.84. The molecule has 0 unspecified atom stereocenters. The number of anilines is 1. The summed E-state index contributed by atoms with van der Waals surface area (Å²) in [6.45, 7) is 0. The van der Waals surface area contributed by atoms with E-state index in [1.165, 1.54) is 37.5 Å². The van der Waals surface area contributed by atoms with Crippen LogP contribution in [0.4, 0.5) is 10.5 Å². The number of rotatable bonds is 3. The molecule has 0 spiro atoms. The minimum absolute atomic E-state index is 0.166. The van der Waals surface area contributed by atoms with Gasteiger partial charge in [-0.3, -0.25) is 14.9 Å². The first-order valence-electron chi connectivity index (χ1n) is 7.87. The van der Waals surface area contributed by atoms with E-state index in [0.717, 1.165) is 4.90 Å². The number of urea groups is 1. The third-order valence-corrected chi connectivity index (χ3v) is 4.60. The Bertz CT molecular complexity index is 1010. The fraction of sp³-hybridized carbons (Fsp3) is 0.0526. The van der Waals surface area contributed by atoms with Gasteiger partial charge in [-0.1, -0.05) is 29.3 Å². The van der Waals surface area contributed by atoms with Crippen molar-refractivity contribution >= 4 is 58.8 Å². The fourth-order valence-corrected chi connectivity index (χ4v) is 3.06. The summed E-state index contributed by atoms with van der Waals surface area (Å²) in [5, 5.41) is 2.58. The third-order valence-electron chi connectivity index (χ3n) is 3.94. The zero-order chi connectivity index (χ0) is 20.4. The molecular weight excluding hydrogens is 407 g/mol. The van der Waals surface area contributed by atoms with Crippen molar-refractivity contribution in [1.29, 1.82) is 0 Å². The standard InChI is InChI=1S/C19H12Cl2N2O5/c1-28-18(26)10-5-7-11(8-6-10)23-17(25)13(16(24)22-19(23)27)9-12-14(20)3-2-4-15(12)21/h2-9H,1H3,(H,22,24,27)/b13-9+. The first-order valence-corrected chi connectivity index (χ1v) is 8.63. The van der Waals surface area contributed by atoms with Gasteiger partial charge in [0.25, 0.3) is 11.8 Å². The average molecular weight is 419 g/mol. The highest BCUT2D eigenvalue weighted by atomic mass is 35.5. The van der Waals surface area contributed by atoms with Gasteiger partial charge in [0.1, 0.15) is 5.57 Å². The van der Waals surface area contributed by atoms with E-state index in [-0.39, 0.29) is 32.4 Å². The Morgan fingerprint density at radius 3 is 2.21 bits per heavy atom. The first-order chi connectivity index (χ1) is 13.3. The maximum Gasteiger partial charge on any atom is 0.337 e. The number of carbonyl (C=O) groups excluding carboxylic acids is 4. The third kappa shape index (κ3) is 3.62. The number of barbiturate groups is 1. The van der Waals surface area contributed by atoms with Gasteiger partial charge in [-0.25, -0.2) is 14.5 Å². The number of nitrogens with zero attached hydrogens (tertiary/aromatic N) is 1. The highest BCUT2D eigenvalue weighted by Gasteiger charge is 2.37. The number of amides is 4. The molecule has 1 aliphatic rings. The molecule has 1 N–H and O–H groups in total. The molecule has 0 atom stereocenters. The number of esters is 1. The molecule has 1 saturated heterocycles. The number of nitrogens with one attached hydrogen (secondary N) is 1. The van der Waals surface area contributed by atoms with E-state index in [0.29, 0.717) is 0 Å². The summed E-state index contributed by atoms with van der Waals surface area (Å²) in [5.41, 5.74) is 0.371. The van der Waals surface area contributed by atoms with Gasteiger partial charge in [0.05, 0.1) is 18.4 Å². The van der Waals surface area contributed by atoms with E-state index < -0.39 is 23.8 Å². The first kappa shape index (κ1) is 19.6. The molecule has 0 aromatic heterocycles. The predicted molar refractivity (Wildman–Crippen MR) is 103 cm³/mol. The summed E-state index contributed by atoms with van der Waals surface area (Å²) in [7, 11) is 1.24. The molecule has 1 fully saturated rings. The van der Waals surface area contributed by atoms with E-state index in [2.05, 4.69) is 10.1 Å². The summed E-state index contributed by atoms with van der Waals surface area (Å²) >= 11 is 12.2. The minimum Gasteiger partial charge on any atom is -0.465 e. The van der Waals surface area contributed by atoms with Gasteiger partial charge in [0.2, 0.25) is 0 Å². The smallest absolute Gasteiger partial charge is 0.337 e. The summed E-state index contributed by atoms with van der Waals surface area (Å²) in [5.74, 6) is -2.28. The summed E-state index contributed by atoms with van der Waals surface area (Å²) in [4.78, 5) is 49.6. The van der Waals surface area contributed by atoms with Crippen LogP contribution in [-0.4, -0.2) is 30.9 Å². The molecule has 4 amide bonds. The van der Waals surface area contributed by atoms with E-state index in [9.17, 15) is 19.2 Å². The Morgan fingerprint density at radius 2 is 1.64 bits per heavy atom. The van der Waals surface area contributed by atoms with Crippen LogP contribution in [0.15, 0.2) is 48.0 Å². The lowest BCUT2D eigenvalue weighted by atomic mass is 10.1. The number of hydrogen-bond donors (Lipinski definition) is 1. The highest BCUT2D eigenvalue weighted by Crippen LogP contribution is 2.29. The Balaban J connectivity index is 2.01. The Hall–Kier alpha value is -3.16. The molecule has 0 saturated carbocycles. The fourth-order valence-electron chi connectivity index (χ4n) is 2.55. The van der Waals surface area contributed by atoms with E-state index in [1.807, 2.05) is 0 Å². The van der Waals surface area contributed by atoms with Crippen LogP contribution in [-0.2, 0) is 14.3 Å². The van der Waals surface area contributed by atoms with Gasteiger partial charge in [0.15, 0.2) is 0 Å². The van der Waals surface area contributed by atoms with Crippen molar-refractivity contribution in [3.63, 3.8) is 0 Å². The molecule has 9 heteroatoms. The minimum atomic E-state index is -0.914. The SMILES string of the molecule is COC(=O)c1ccc(N2C(=O)NC(=O)/C(=C\c3c(Cl)cccc3Cl)C2=O)cc1. The van der Waals surface area contributed by atoms with Crippen LogP contribution in [0.1, 0.15) is 15.9 Å². The number of carbonyl (C=O) groups is 4. The number of methoxy groups -OCH3 is 1. The lowest BCUT2D eigenvalue weighted by Crippen LogP contribution is -2.54. The average Bonchev–Trinajstić information content (AvgIpc) is 2.66. The normalized spacial score (nSPS) is 15.6. The summed E-state index contributed by atoms with van der Waals surface area (Å²) in [6.07, 6.45) is 1.23. The van der Waals surface area contributed by atoms with Crippen LogP contribution in [0.3, 0.4) is 0 Å². The van der Waals surface area contributed by atoms with Crippen LogP contribution >= 0.6 is 23.2 Å². The van der Waals surface area contributed by atoms with Gasteiger partial charge in [-0.15, -0.1) is 0 Å². The zero-order valence-electron chi connectivity index (χ0n) is 14.4. The summed E-state index contributed by atoms with van der Waals surface area (Å²) in [6, 6.07) is 9.38. The zero-order valence-corrected chi connectivity index (χ0v) is 15.9. The molecule has 1 aliphatic heterocycles. The van der Waals surface area contributed by atoms with Gasteiger partial charge in [0, 0.05) is 15.6 Å². The molecule has 1 heterocycles. The molecule has 0 radical (unpaired) electrons. The number of hydrogen-bond acceptors (Lipinski definition) is 5. The van der Waals surface area contributed by atoms with Crippen molar-refractivity contribution in [3.8, 4) is 0 Å². The number of halogens is 2. The van der Waals surface area contributed by atoms with Crippen molar-refractivity contribution in [1.82, 2.24) is 5.32 Å². The molecule has 3 rings (SSSR count). The lowest BCUT2D eigenvalue weighted by Gasteiger charge is -2.26. The molecular formula is C19H12Cl2N2O5. The van der Waals surface area contributed by atoms with Crippen LogP contribution in [0, 0.1) is 0 Å². The van der Waals surface area contributed by atoms with Crippen LogP contribution in [0.25, 0.3) is 6.08 Å². The Morgan fingerprint density at radius 1 is 1.04 bits per heavy atom. The molecule has 28 heavy (non-hydrogen) atoms.